The number of nitrogens with two attached hydrogens (primary N) is 1. The van der Waals surface area contributed by atoms with Gasteiger partial charge in [-0.25, -0.2) is 4.68 Å². The van der Waals surface area contributed by atoms with Gasteiger partial charge in [-0.05, 0) is 35.4 Å². The average Bonchev–Trinajstić information content (AvgIpc) is 2.88. The van der Waals surface area contributed by atoms with Gasteiger partial charge >= 0.3 is 0 Å². The van der Waals surface area contributed by atoms with Gasteiger partial charge in [0.1, 0.15) is 17.5 Å². The number of benzene rings is 2. The van der Waals surface area contributed by atoms with E-state index < -0.39 is 0 Å². The van der Waals surface area contributed by atoms with Crippen molar-refractivity contribution in [1.82, 2.24) is 9.78 Å². The molecule has 4 nitrogen and oxygen atoms in total. The van der Waals surface area contributed by atoms with Crippen LogP contribution in [0.1, 0.15) is 22.4 Å². The highest BCUT2D eigenvalue weighted by atomic mass is 35.5. The minimum Gasteiger partial charge on any atom is -0.383 e. The van der Waals surface area contributed by atoms with Crippen molar-refractivity contribution in [2.75, 3.05) is 5.73 Å². The number of rotatable bonds is 4. The zero-order valence-corrected chi connectivity index (χ0v) is 15.3. The summed E-state index contributed by atoms with van der Waals surface area (Å²) in [6.07, 6.45) is 0.499. The Bertz CT molecular complexity index is 956. The fraction of sp³-hybridized carbons (Fsp3) is 0.111. The van der Waals surface area contributed by atoms with Crippen molar-refractivity contribution < 1.29 is 0 Å². The smallest absolute Gasteiger partial charge is 0.140 e. The van der Waals surface area contributed by atoms with Crippen LogP contribution in [0, 0.1) is 11.3 Å². The monoisotopic (exact) mass is 390 g/mol. The molecular formula is C18H13Cl3N4. The molecule has 0 spiro atoms. The number of anilines is 1. The van der Waals surface area contributed by atoms with E-state index in [2.05, 4.69) is 11.2 Å². The molecule has 7 heteroatoms. The molecule has 1 aromatic heterocycles. The number of nitrogen functional groups attached to an aromatic ring is 1. The number of hydrogen-bond donors (Lipinski definition) is 1. The summed E-state index contributed by atoms with van der Waals surface area (Å²) in [6.45, 7) is 0.401. The Labute approximate surface area is 160 Å². The van der Waals surface area contributed by atoms with E-state index in [9.17, 15) is 5.26 Å². The van der Waals surface area contributed by atoms with Gasteiger partial charge < -0.3 is 5.73 Å². The molecule has 2 N–H and O–H groups in total. The van der Waals surface area contributed by atoms with E-state index in [4.69, 9.17) is 40.5 Å². The van der Waals surface area contributed by atoms with E-state index in [1.54, 1.807) is 28.9 Å². The lowest BCUT2D eigenvalue weighted by molar-refractivity contribution is 0.685. The van der Waals surface area contributed by atoms with Gasteiger partial charge in [-0.15, -0.1) is 0 Å². The van der Waals surface area contributed by atoms with Crippen molar-refractivity contribution in [2.24, 2.45) is 0 Å². The lowest BCUT2D eigenvalue weighted by Gasteiger charge is -2.05. The van der Waals surface area contributed by atoms with Crippen LogP contribution in [0.15, 0.2) is 42.5 Å². The van der Waals surface area contributed by atoms with E-state index in [1.807, 2.05) is 18.2 Å². The summed E-state index contributed by atoms with van der Waals surface area (Å²) in [6, 6.07) is 14.9. The van der Waals surface area contributed by atoms with Crippen LogP contribution in [0.2, 0.25) is 15.1 Å². The minimum absolute atomic E-state index is 0.331. The number of hydrogen-bond acceptors (Lipinski definition) is 3. The first kappa shape index (κ1) is 17.6. The molecule has 126 valence electrons. The van der Waals surface area contributed by atoms with Crippen LogP contribution in [0.3, 0.4) is 0 Å². The molecule has 0 aliphatic carbocycles. The van der Waals surface area contributed by atoms with E-state index in [0.29, 0.717) is 45.1 Å². The van der Waals surface area contributed by atoms with Gasteiger partial charge in [0.15, 0.2) is 0 Å². The zero-order valence-electron chi connectivity index (χ0n) is 13.0. The highest BCUT2D eigenvalue weighted by Gasteiger charge is 2.16. The predicted octanol–water partition coefficient (Wildman–Crippen LogP) is 4.94. The van der Waals surface area contributed by atoms with E-state index in [0.717, 1.165) is 11.1 Å². The molecule has 0 atom stereocenters. The zero-order chi connectivity index (χ0) is 18.0. The Kier molecular flexibility index (Phi) is 5.19. The number of aromatic nitrogens is 2. The standard InChI is InChI=1S/C18H13Cl3N4/c19-13-4-1-11(2-5-13)8-17-14(9-22)18(23)25(24-17)10-12-3-6-15(20)16(21)7-12/h1-7H,8,10,23H2. The van der Waals surface area contributed by atoms with Crippen molar-refractivity contribution in [2.45, 2.75) is 13.0 Å². The molecule has 0 saturated heterocycles. The van der Waals surface area contributed by atoms with E-state index >= 15 is 0 Å². The van der Waals surface area contributed by atoms with Crippen LogP contribution < -0.4 is 5.73 Å². The summed E-state index contributed by atoms with van der Waals surface area (Å²) >= 11 is 17.9. The van der Waals surface area contributed by atoms with Gasteiger partial charge in [0.25, 0.3) is 0 Å². The molecule has 3 aromatic rings. The molecule has 0 fully saturated rings. The van der Waals surface area contributed by atoms with Crippen molar-refractivity contribution >= 4 is 40.6 Å². The first-order valence-electron chi connectivity index (χ1n) is 7.41. The van der Waals surface area contributed by atoms with Crippen LogP contribution in [0.5, 0.6) is 0 Å². The fourth-order valence-corrected chi connectivity index (χ4v) is 2.95. The molecule has 25 heavy (non-hydrogen) atoms. The third-order valence-electron chi connectivity index (χ3n) is 3.78. The maximum atomic E-state index is 9.44. The predicted molar refractivity (Wildman–Crippen MR) is 101 cm³/mol. The van der Waals surface area contributed by atoms with Crippen LogP contribution >= 0.6 is 34.8 Å². The van der Waals surface area contributed by atoms with Gasteiger partial charge in [0.05, 0.1) is 22.3 Å². The summed E-state index contributed by atoms with van der Waals surface area (Å²) < 4.78 is 1.60. The van der Waals surface area contributed by atoms with Crippen LogP contribution in [0.4, 0.5) is 5.82 Å². The molecule has 1 heterocycles. The number of halogens is 3. The lowest BCUT2D eigenvalue weighted by Crippen LogP contribution is -2.06. The quantitative estimate of drug-likeness (QED) is 0.685. The molecular weight excluding hydrogens is 379 g/mol. The first-order valence-corrected chi connectivity index (χ1v) is 8.55. The molecule has 0 aliphatic rings. The second kappa shape index (κ2) is 7.37. The summed E-state index contributed by atoms with van der Waals surface area (Å²) in [5.74, 6) is 0.331. The molecule has 0 aliphatic heterocycles. The molecule has 0 amide bonds. The normalized spacial score (nSPS) is 10.6. The average molecular weight is 392 g/mol. The number of nitrogens with zero attached hydrogens (tertiary/aromatic N) is 3. The fourth-order valence-electron chi connectivity index (χ4n) is 2.50. The molecule has 3 rings (SSSR count). The summed E-state index contributed by atoms with van der Waals surface area (Å²) in [7, 11) is 0. The van der Waals surface area contributed by atoms with Crippen molar-refractivity contribution in [3.05, 3.63) is 79.9 Å². The highest BCUT2D eigenvalue weighted by molar-refractivity contribution is 6.42. The van der Waals surface area contributed by atoms with Gasteiger partial charge in [-0.1, -0.05) is 53.0 Å². The van der Waals surface area contributed by atoms with Crippen LogP contribution in [-0.4, -0.2) is 9.78 Å². The maximum Gasteiger partial charge on any atom is 0.140 e. The maximum absolute atomic E-state index is 9.44. The first-order chi connectivity index (χ1) is 12.0. The Hall–Kier alpha value is -2.19. The van der Waals surface area contributed by atoms with Crippen molar-refractivity contribution in [1.29, 1.82) is 5.26 Å². The van der Waals surface area contributed by atoms with Crippen LogP contribution in [0.25, 0.3) is 0 Å². The van der Waals surface area contributed by atoms with Crippen LogP contribution in [-0.2, 0) is 13.0 Å². The topological polar surface area (TPSA) is 67.6 Å². The Morgan fingerprint density at radius 2 is 1.68 bits per heavy atom. The second-order valence-electron chi connectivity index (χ2n) is 5.53. The second-order valence-corrected chi connectivity index (χ2v) is 6.78. The molecule has 0 bridgehead atoms. The third-order valence-corrected chi connectivity index (χ3v) is 4.77. The number of nitriles is 1. The largest absolute Gasteiger partial charge is 0.383 e. The highest BCUT2D eigenvalue weighted by Crippen LogP contribution is 2.25. The van der Waals surface area contributed by atoms with Gasteiger partial charge in [0.2, 0.25) is 0 Å². The van der Waals surface area contributed by atoms with E-state index in [1.165, 1.54) is 0 Å². The summed E-state index contributed by atoms with van der Waals surface area (Å²) in [5.41, 5.74) is 9.01. The SMILES string of the molecule is N#Cc1c(Cc2ccc(Cl)cc2)nn(Cc2ccc(Cl)c(Cl)c2)c1N. The molecule has 0 unspecified atom stereocenters. The lowest BCUT2D eigenvalue weighted by atomic mass is 10.1. The van der Waals surface area contributed by atoms with Crippen molar-refractivity contribution in [3.8, 4) is 6.07 Å². The summed E-state index contributed by atoms with van der Waals surface area (Å²) in [5, 5.41) is 15.6. The van der Waals surface area contributed by atoms with E-state index in [-0.39, 0.29) is 0 Å². The van der Waals surface area contributed by atoms with Gasteiger partial charge in [0, 0.05) is 11.4 Å². The Balaban J connectivity index is 1.90. The van der Waals surface area contributed by atoms with Gasteiger partial charge in [-0.3, -0.25) is 0 Å². The molecule has 0 saturated carbocycles. The Morgan fingerprint density at radius 1 is 1.00 bits per heavy atom. The third kappa shape index (κ3) is 3.91. The Morgan fingerprint density at radius 3 is 2.32 bits per heavy atom. The minimum atomic E-state index is 0.331. The molecule has 2 aromatic carbocycles. The molecule has 0 radical (unpaired) electrons. The summed E-state index contributed by atoms with van der Waals surface area (Å²) in [4.78, 5) is 0. The van der Waals surface area contributed by atoms with Crippen molar-refractivity contribution in [3.63, 3.8) is 0 Å². The van der Waals surface area contributed by atoms with Gasteiger partial charge in [-0.2, -0.15) is 10.4 Å².